The van der Waals surface area contributed by atoms with Crippen LogP contribution in [0.4, 0.5) is 0 Å². The van der Waals surface area contributed by atoms with Crippen molar-refractivity contribution in [2.24, 2.45) is 29.6 Å². The minimum Gasteiger partial charge on any atom is -0.480 e. The van der Waals surface area contributed by atoms with E-state index in [-0.39, 0.29) is 66.3 Å². The van der Waals surface area contributed by atoms with Crippen LogP contribution in [0.2, 0.25) is 0 Å². The van der Waals surface area contributed by atoms with Crippen LogP contribution in [-0.4, -0.2) is 132 Å². The SMILES string of the molecule is CO[C@H]([C@@H](C)C(=O)N[C@@H](Cc1ccccc1)C(=O)O)[C@@H]1CCCN1C(=O)C[C@@H](OC)[C@H](C1CCCCC1)N(C)C(=O)C(NC(=O)[C@@H](NC(=O)CCCCCC1C(=O)C=CC1=O)C(C)C)C(C)C. The maximum Gasteiger partial charge on any atom is 0.326 e. The number of likely N-dealkylation sites (tertiary alicyclic amines) is 1. The van der Waals surface area contributed by atoms with Gasteiger partial charge in [-0.1, -0.05) is 97.1 Å². The third-order valence-electron chi connectivity index (χ3n) is 14.1. The standard InChI is InChI=1S/C51H77N5O11/c1-31(2)44(53-42(59)25-17-11-16-23-36-39(57)26-27-40(36)58)49(62)54-45(32(3)4)50(63)55(6)46(35-21-14-10-15-22-35)41(66-7)30-43(60)56-28-18-24-38(56)47(67-8)33(5)48(61)52-37(51(64)65)29-34-19-12-9-13-20-34/h9,12-13,19-20,26-27,31-33,35-38,41,44-47H,10-11,14-18,21-25,28-30H2,1-8H3,(H,52,61)(H,53,59)(H,54,62)(H,64,65)/t33-,37+,38+,41-,44+,45?,46+,47-/m1/s1. The molecule has 1 heterocycles. The average molecular weight is 936 g/mol. The van der Waals surface area contributed by atoms with Crippen molar-refractivity contribution in [1.82, 2.24) is 25.8 Å². The first-order valence-electron chi connectivity index (χ1n) is 24.4. The van der Waals surface area contributed by atoms with Gasteiger partial charge in [-0.05, 0) is 74.0 Å². The van der Waals surface area contributed by atoms with Crippen LogP contribution in [0.3, 0.4) is 0 Å². The van der Waals surface area contributed by atoms with Gasteiger partial charge in [0.2, 0.25) is 29.5 Å². The van der Waals surface area contributed by atoms with Crippen molar-refractivity contribution in [3.63, 3.8) is 0 Å². The monoisotopic (exact) mass is 936 g/mol. The molecule has 1 unspecified atom stereocenters. The summed E-state index contributed by atoms with van der Waals surface area (Å²) in [6.07, 6.45) is 9.56. The highest BCUT2D eigenvalue weighted by molar-refractivity contribution is 6.18. The van der Waals surface area contributed by atoms with Gasteiger partial charge in [0.05, 0.1) is 42.5 Å². The molecule has 2 fully saturated rings. The number of hydrogen-bond donors (Lipinski definition) is 4. The number of benzene rings is 1. The number of nitrogens with one attached hydrogen (secondary N) is 3. The van der Waals surface area contributed by atoms with Gasteiger partial charge in [-0.15, -0.1) is 0 Å². The van der Waals surface area contributed by atoms with Crippen molar-refractivity contribution in [1.29, 1.82) is 0 Å². The number of hydrogen-bond acceptors (Lipinski definition) is 10. The summed E-state index contributed by atoms with van der Waals surface area (Å²) in [6.45, 7) is 9.45. The first-order valence-corrected chi connectivity index (χ1v) is 24.4. The van der Waals surface area contributed by atoms with Crippen molar-refractivity contribution in [3.8, 4) is 0 Å². The normalized spacial score (nSPS) is 20.0. The zero-order valence-corrected chi connectivity index (χ0v) is 41.0. The number of carboxylic acids is 1. The number of carbonyl (C=O) groups excluding carboxylic acids is 7. The van der Waals surface area contributed by atoms with Gasteiger partial charge in [0.25, 0.3) is 0 Å². The van der Waals surface area contributed by atoms with Crippen LogP contribution in [0, 0.1) is 29.6 Å². The van der Waals surface area contributed by atoms with Crippen molar-refractivity contribution >= 4 is 47.1 Å². The molecule has 4 rings (SSSR count). The lowest BCUT2D eigenvalue weighted by atomic mass is 9.80. The fraction of sp³-hybridized carbons (Fsp3) is 0.686. The van der Waals surface area contributed by atoms with Crippen LogP contribution >= 0.6 is 0 Å². The minimum absolute atomic E-state index is 0.0188. The van der Waals surface area contributed by atoms with E-state index in [4.69, 9.17) is 9.47 Å². The number of ketones is 2. The summed E-state index contributed by atoms with van der Waals surface area (Å²) in [5, 5.41) is 18.5. The van der Waals surface area contributed by atoms with Gasteiger partial charge in [-0.2, -0.15) is 0 Å². The number of allylic oxidation sites excluding steroid dienone is 2. The predicted molar refractivity (Wildman–Crippen MR) is 252 cm³/mol. The summed E-state index contributed by atoms with van der Waals surface area (Å²) < 4.78 is 12.1. The molecule has 67 heavy (non-hydrogen) atoms. The molecule has 8 atom stereocenters. The van der Waals surface area contributed by atoms with E-state index in [9.17, 15) is 43.5 Å². The molecule has 1 aliphatic heterocycles. The Bertz CT molecular complexity index is 1860. The molecule has 16 heteroatoms. The Kier molecular flexibility index (Phi) is 21.7. The van der Waals surface area contributed by atoms with Crippen molar-refractivity contribution in [3.05, 3.63) is 48.0 Å². The smallest absolute Gasteiger partial charge is 0.326 e. The number of ether oxygens (including phenoxy) is 2. The van der Waals surface area contributed by atoms with Gasteiger partial charge in [0, 0.05) is 40.7 Å². The largest absolute Gasteiger partial charge is 0.480 e. The van der Waals surface area contributed by atoms with Crippen molar-refractivity contribution in [2.75, 3.05) is 27.8 Å². The number of carboxylic acid groups (broad SMARTS) is 1. The fourth-order valence-electron chi connectivity index (χ4n) is 10.2. The molecule has 0 bridgehead atoms. The Morgan fingerprint density at radius 3 is 2.00 bits per heavy atom. The number of unbranched alkanes of at least 4 members (excludes halogenated alkanes) is 2. The molecule has 0 aromatic heterocycles. The lowest BCUT2D eigenvalue weighted by Gasteiger charge is -2.43. The molecular formula is C51H77N5O11. The lowest BCUT2D eigenvalue weighted by molar-refractivity contribution is -0.149. The Morgan fingerprint density at radius 1 is 0.776 bits per heavy atom. The van der Waals surface area contributed by atoms with E-state index in [1.165, 1.54) is 19.3 Å². The second-order valence-electron chi connectivity index (χ2n) is 19.5. The second-order valence-corrected chi connectivity index (χ2v) is 19.5. The van der Waals surface area contributed by atoms with E-state index in [0.29, 0.717) is 45.1 Å². The first kappa shape index (κ1) is 54.6. The number of likely N-dealkylation sites (N-methyl/N-ethyl adjacent to an activating group) is 1. The molecule has 2 aliphatic carbocycles. The van der Waals surface area contributed by atoms with Crippen LogP contribution in [0.25, 0.3) is 0 Å². The Balaban J connectivity index is 1.43. The lowest BCUT2D eigenvalue weighted by Crippen LogP contribution is -2.60. The highest BCUT2D eigenvalue weighted by atomic mass is 16.5. The maximum absolute atomic E-state index is 14.7. The summed E-state index contributed by atoms with van der Waals surface area (Å²) in [7, 11) is 4.74. The van der Waals surface area contributed by atoms with Gasteiger partial charge >= 0.3 is 5.97 Å². The zero-order chi connectivity index (χ0) is 49.4. The zero-order valence-electron chi connectivity index (χ0n) is 41.0. The minimum atomic E-state index is -1.16. The maximum atomic E-state index is 14.7. The van der Waals surface area contributed by atoms with Crippen LogP contribution in [0.1, 0.15) is 124 Å². The molecule has 1 saturated heterocycles. The topological polar surface area (TPSA) is 218 Å². The molecule has 372 valence electrons. The molecule has 1 aromatic rings. The summed E-state index contributed by atoms with van der Waals surface area (Å²) in [6, 6.07) is 5.08. The highest BCUT2D eigenvalue weighted by Crippen LogP contribution is 2.34. The number of carbonyl (C=O) groups is 8. The summed E-state index contributed by atoms with van der Waals surface area (Å²) in [4.78, 5) is 109. The molecule has 1 aromatic carbocycles. The Hall–Kier alpha value is -4.96. The number of amides is 5. The van der Waals surface area contributed by atoms with E-state index in [1.807, 2.05) is 45.9 Å². The van der Waals surface area contributed by atoms with E-state index in [2.05, 4.69) is 16.0 Å². The number of aliphatic carboxylic acids is 1. The van der Waals surface area contributed by atoms with Gasteiger partial charge in [-0.25, -0.2) is 4.79 Å². The average Bonchev–Trinajstić information content (AvgIpc) is 3.92. The summed E-state index contributed by atoms with van der Waals surface area (Å²) >= 11 is 0. The van der Waals surface area contributed by atoms with Crippen LogP contribution in [-0.2, 0) is 54.3 Å². The molecular weight excluding hydrogens is 859 g/mol. The van der Waals surface area contributed by atoms with Crippen molar-refractivity contribution in [2.45, 2.75) is 167 Å². The molecule has 3 aliphatic rings. The second kappa shape index (κ2) is 26.5. The van der Waals surface area contributed by atoms with Gasteiger partial charge in [0.1, 0.15) is 18.1 Å². The van der Waals surface area contributed by atoms with Gasteiger partial charge < -0.3 is 40.3 Å². The molecule has 4 N–H and O–H groups in total. The number of methoxy groups -OCH3 is 2. The molecule has 1 saturated carbocycles. The Morgan fingerprint density at radius 2 is 1.42 bits per heavy atom. The molecule has 0 spiro atoms. The van der Waals surface area contributed by atoms with Crippen LogP contribution < -0.4 is 16.0 Å². The van der Waals surface area contributed by atoms with E-state index >= 15 is 0 Å². The van der Waals surface area contributed by atoms with E-state index in [0.717, 1.165) is 37.7 Å². The highest BCUT2D eigenvalue weighted by Gasteiger charge is 2.44. The van der Waals surface area contributed by atoms with Crippen LogP contribution in [0.15, 0.2) is 42.5 Å². The van der Waals surface area contributed by atoms with E-state index < -0.39 is 72.0 Å². The predicted octanol–water partition coefficient (Wildman–Crippen LogP) is 4.81. The quantitative estimate of drug-likeness (QED) is 0.0730. The number of rotatable bonds is 26. The molecule has 0 radical (unpaired) electrons. The number of nitrogens with zero attached hydrogens (tertiary/aromatic N) is 2. The third kappa shape index (κ3) is 15.3. The van der Waals surface area contributed by atoms with Gasteiger partial charge in [-0.3, -0.25) is 33.6 Å². The summed E-state index contributed by atoms with van der Waals surface area (Å²) in [5.41, 5.74) is 0.768. The molecule has 16 nitrogen and oxygen atoms in total. The van der Waals surface area contributed by atoms with E-state index in [1.54, 1.807) is 43.0 Å². The fourth-order valence-corrected chi connectivity index (χ4v) is 10.2. The molecule has 5 amide bonds. The third-order valence-corrected chi connectivity index (χ3v) is 14.1. The Labute approximate surface area is 397 Å². The first-order chi connectivity index (χ1) is 31.9. The van der Waals surface area contributed by atoms with Crippen molar-refractivity contribution < 1.29 is 52.9 Å². The van der Waals surface area contributed by atoms with Crippen LogP contribution in [0.5, 0.6) is 0 Å². The summed E-state index contributed by atoms with van der Waals surface area (Å²) in [5.74, 6) is -5.34. The van der Waals surface area contributed by atoms with Gasteiger partial charge in [0.15, 0.2) is 11.6 Å².